The number of rotatable bonds is 10. The number of anilines is 2. The van der Waals surface area contributed by atoms with Gasteiger partial charge in [-0.25, -0.2) is 0 Å². The number of benzene rings is 1. The first-order valence-corrected chi connectivity index (χ1v) is 15.7. The largest absolute Gasteiger partial charge is 0.398 e. The van der Waals surface area contributed by atoms with Crippen LogP contribution in [-0.4, -0.2) is 69.4 Å². The quantitative estimate of drug-likeness (QED) is 0.236. The van der Waals surface area contributed by atoms with Crippen molar-refractivity contribution in [2.75, 3.05) is 24.1 Å². The maximum absolute atomic E-state index is 13.1. The van der Waals surface area contributed by atoms with Crippen molar-refractivity contribution in [3.8, 4) is 0 Å². The molecule has 3 aliphatic heterocycles. The number of carbonyl (C=O) groups excluding carboxylic acids is 4. The third kappa shape index (κ3) is 5.10. The summed E-state index contributed by atoms with van der Waals surface area (Å²) in [6.07, 6.45) is 8.72. The minimum Gasteiger partial charge on any atom is -0.398 e. The van der Waals surface area contributed by atoms with Gasteiger partial charge in [-0.2, -0.15) is 5.10 Å². The highest BCUT2D eigenvalue weighted by Crippen LogP contribution is 2.44. The predicted octanol–water partition coefficient (Wildman–Crippen LogP) is 2.36. The van der Waals surface area contributed by atoms with Crippen LogP contribution in [0.15, 0.2) is 35.6 Å². The number of nitrogen functional groups attached to an aromatic ring is 1. The number of fused-ring (bicyclic) bond motifs is 1. The average molecular weight is 599 g/mol. The maximum atomic E-state index is 13.1. The minimum absolute atomic E-state index is 0.0992. The summed E-state index contributed by atoms with van der Waals surface area (Å²) in [7, 11) is 0. The van der Waals surface area contributed by atoms with E-state index in [1.807, 2.05) is 6.07 Å². The average Bonchev–Trinajstić information content (AvgIpc) is 3.70. The lowest BCUT2D eigenvalue weighted by Gasteiger charge is -2.40. The van der Waals surface area contributed by atoms with Gasteiger partial charge in [0.25, 0.3) is 11.8 Å². The Morgan fingerprint density at radius 3 is 2.57 bits per heavy atom. The molecule has 1 aromatic heterocycles. The second-order valence-electron chi connectivity index (χ2n) is 12.7. The number of imide groups is 2. The van der Waals surface area contributed by atoms with E-state index < -0.39 is 23.8 Å². The molecule has 7 rings (SSSR count). The van der Waals surface area contributed by atoms with E-state index in [0.29, 0.717) is 30.1 Å². The molecule has 4 amide bonds. The highest BCUT2D eigenvalue weighted by molar-refractivity contribution is 6.23. The van der Waals surface area contributed by atoms with E-state index in [2.05, 4.69) is 15.6 Å². The first-order chi connectivity index (χ1) is 21.3. The molecule has 4 heterocycles. The highest BCUT2D eigenvalue weighted by Gasteiger charge is 2.45. The smallest absolute Gasteiger partial charge is 0.262 e. The van der Waals surface area contributed by atoms with Crippen molar-refractivity contribution in [1.82, 2.24) is 20.2 Å². The Labute approximate surface area is 255 Å². The third-order valence-corrected chi connectivity index (χ3v) is 9.82. The normalized spacial score (nSPS) is 26.4. The van der Waals surface area contributed by atoms with Gasteiger partial charge in [0, 0.05) is 48.7 Å². The van der Waals surface area contributed by atoms with Crippen LogP contribution in [-0.2, 0) is 16.1 Å². The molecular weight excluding hydrogens is 560 g/mol. The van der Waals surface area contributed by atoms with Gasteiger partial charge < -0.3 is 16.8 Å². The second kappa shape index (κ2) is 11.3. The Morgan fingerprint density at radius 1 is 1.02 bits per heavy atom. The van der Waals surface area contributed by atoms with Gasteiger partial charge in [-0.1, -0.05) is 0 Å². The molecule has 12 heteroatoms. The SMILES string of the molecule is NCc1c(N)ccnc1C1CN([C@H]2C[C@H](CCCNc3ccc4c(c3)C(=O)N(C3CCC(=O)NC3=O)C4=O)C2)N=C1C1CC1. The Bertz CT molecular complexity index is 1560. The molecule has 44 heavy (non-hydrogen) atoms. The van der Waals surface area contributed by atoms with E-state index in [1.165, 1.54) is 18.6 Å². The number of nitrogens with one attached hydrogen (secondary N) is 2. The van der Waals surface area contributed by atoms with E-state index in [4.69, 9.17) is 21.6 Å². The molecule has 230 valence electrons. The molecule has 0 spiro atoms. The summed E-state index contributed by atoms with van der Waals surface area (Å²) in [6.45, 7) is 1.97. The van der Waals surface area contributed by atoms with E-state index in [9.17, 15) is 19.2 Å². The molecule has 1 aromatic carbocycles. The summed E-state index contributed by atoms with van der Waals surface area (Å²) < 4.78 is 0. The van der Waals surface area contributed by atoms with E-state index in [0.717, 1.165) is 60.6 Å². The van der Waals surface area contributed by atoms with Gasteiger partial charge in [-0.05, 0) is 81.0 Å². The Balaban J connectivity index is 0.895. The molecule has 0 radical (unpaired) electrons. The van der Waals surface area contributed by atoms with Crippen LogP contribution >= 0.6 is 0 Å². The molecule has 1 saturated heterocycles. The van der Waals surface area contributed by atoms with Gasteiger partial charge in [0.1, 0.15) is 6.04 Å². The van der Waals surface area contributed by atoms with Crippen LogP contribution in [0.25, 0.3) is 0 Å². The summed E-state index contributed by atoms with van der Waals surface area (Å²) in [5, 5.41) is 13.0. The molecule has 2 aliphatic carbocycles. The Kier molecular flexibility index (Phi) is 7.31. The van der Waals surface area contributed by atoms with Crippen molar-refractivity contribution >= 4 is 40.7 Å². The second-order valence-corrected chi connectivity index (χ2v) is 12.7. The van der Waals surface area contributed by atoms with Crippen molar-refractivity contribution in [2.24, 2.45) is 22.7 Å². The number of nitrogens with zero attached hydrogens (tertiary/aromatic N) is 4. The van der Waals surface area contributed by atoms with E-state index in [-0.39, 0.29) is 35.8 Å². The van der Waals surface area contributed by atoms with Gasteiger partial charge >= 0.3 is 0 Å². The number of hydrazone groups is 1. The van der Waals surface area contributed by atoms with Crippen LogP contribution in [0.4, 0.5) is 11.4 Å². The fraction of sp³-hybridized carbons (Fsp3) is 0.500. The predicted molar refractivity (Wildman–Crippen MR) is 163 cm³/mol. The first-order valence-electron chi connectivity index (χ1n) is 15.7. The number of hydrogen-bond donors (Lipinski definition) is 4. The van der Waals surface area contributed by atoms with Crippen molar-refractivity contribution in [3.05, 3.63) is 52.8 Å². The first kappa shape index (κ1) is 28.5. The van der Waals surface area contributed by atoms with Crippen molar-refractivity contribution < 1.29 is 19.2 Å². The lowest BCUT2D eigenvalue weighted by atomic mass is 9.77. The standard InChI is InChI=1S/C32H38N8O4/c33-15-23-25(34)9-11-36-29(23)24-16-39(38-28(24)18-3-4-18)20-12-17(13-20)2-1-10-35-19-5-6-21-22(14-19)32(44)40(31(21)43)26-7-8-27(41)37-30(26)42/h5-6,9,11,14,17-18,20,24,26,35H,1-4,7-8,10,12-13,15-16,33H2,(H2,34,36)(H,37,41,42)/t17-,20-,24?,26?. The third-order valence-electron chi connectivity index (χ3n) is 9.82. The van der Waals surface area contributed by atoms with E-state index in [1.54, 1.807) is 24.4 Å². The van der Waals surface area contributed by atoms with Crippen LogP contribution in [0.5, 0.6) is 0 Å². The number of hydrogen-bond acceptors (Lipinski definition) is 10. The van der Waals surface area contributed by atoms with Crippen LogP contribution < -0.4 is 22.1 Å². The van der Waals surface area contributed by atoms with Gasteiger partial charge in [-0.15, -0.1) is 0 Å². The zero-order valence-electron chi connectivity index (χ0n) is 24.6. The zero-order valence-corrected chi connectivity index (χ0v) is 24.6. The maximum Gasteiger partial charge on any atom is 0.262 e. The zero-order chi connectivity index (χ0) is 30.5. The molecule has 2 unspecified atom stereocenters. The molecule has 6 N–H and O–H groups in total. The van der Waals surface area contributed by atoms with E-state index >= 15 is 0 Å². The molecule has 0 bridgehead atoms. The number of piperidine rings is 1. The summed E-state index contributed by atoms with van der Waals surface area (Å²) in [5.74, 6) is -0.621. The summed E-state index contributed by atoms with van der Waals surface area (Å²) in [4.78, 5) is 55.5. The van der Waals surface area contributed by atoms with Gasteiger partial charge in [0.15, 0.2) is 0 Å². The van der Waals surface area contributed by atoms with Crippen molar-refractivity contribution in [1.29, 1.82) is 0 Å². The molecule has 12 nitrogen and oxygen atoms in total. The molecule has 2 atom stereocenters. The topological polar surface area (TPSA) is 176 Å². The lowest BCUT2D eigenvalue weighted by molar-refractivity contribution is -0.136. The number of carbonyl (C=O) groups is 4. The van der Waals surface area contributed by atoms with Crippen molar-refractivity contribution in [3.63, 3.8) is 0 Å². The van der Waals surface area contributed by atoms with Crippen molar-refractivity contribution in [2.45, 2.75) is 75.9 Å². The molecule has 2 saturated carbocycles. The number of amides is 4. The highest BCUT2D eigenvalue weighted by atomic mass is 16.2. The van der Waals surface area contributed by atoms with Crippen LogP contribution in [0, 0.1) is 11.8 Å². The Morgan fingerprint density at radius 2 is 1.82 bits per heavy atom. The molecule has 2 aromatic rings. The van der Waals surface area contributed by atoms with Gasteiger partial charge in [-0.3, -0.25) is 39.4 Å². The fourth-order valence-corrected chi connectivity index (χ4v) is 7.17. The summed E-state index contributed by atoms with van der Waals surface area (Å²) >= 11 is 0. The van der Waals surface area contributed by atoms with Gasteiger partial charge in [0.05, 0.1) is 35.0 Å². The van der Waals surface area contributed by atoms with Crippen LogP contribution in [0.1, 0.15) is 89.3 Å². The summed E-state index contributed by atoms with van der Waals surface area (Å²) in [5.41, 5.74) is 17.5. The monoisotopic (exact) mass is 598 g/mol. The van der Waals surface area contributed by atoms with Gasteiger partial charge in [0.2, 0.25) is 11.8 Å². The molecular formula is C32H38N8O4. The number of aromatic nitrogens is 1. The Hall–Kier alpha value is -4.32. The van der Waals surface area contributed by atoms with Crippen LogP contribution in [0.3, 0.4) is 0 Å². The minimum atomic E-state index is -0.961. The van der Waals surface area contributed by atoms with Crippen LogP contribution in [0.2, 0.25) is 0 Å². The lowest BCUT2D eigenvalue weighted by Crippen LogP contribution is -2.54. The number of nitrogens with two attached hydrogens (primary N) is 2. The molecule has 3 fully saturated rings. The molecule has 5 aliphatic rings. The summed E-state index contributed by atoms with van der Waals surface area (Å²) in [6, 6.07) is 6.42. The number of pyridine rings is 1. The fourth-order valence-electron chi connectivity index (χ4n) is 7.17.